The molecular formula is C20H20N2O4. The number of hydrogen-bond acceptors (Lipinski definition) is 3. The van der Waals surface area contributed by atoms with E-state index >= 15 is 0 Å². The third kappa shape index (κ3) is 3.31. The summed E-state index contributed by atoms with van der Waals surface area (Å²) in [5.41, 5.74) is 1.33. The Kier molecular flexibility index (Phi) is 5.02. The predicted molar refractivity (Wildman–Crippen MR) is 97.3 cm³/mol. The van der Waals surface area contributed by atoms with Gasteiger partial charge in [0.25, 0.3) is 5.91 Å². The second-order valence-electron chi connectivity index (χ2n) is 6.10. The van der Waals surface area contributed by atoms with Crippen molar-refractivity contribution in [3.05, 3.63) is 65.7 Å². The van der Waals surface area contributed by atoms with Crippen molar-refractivity contribution in [3.63, 3.8) is 0 Å². The minimum absolute atomic E-state index is 0.0893. The van der Waals surface area contributed by atoms with Gasteiger partial charge in [-0.2, -0.15) is 0 Å². The quantitative estimate of drug-likeness (QED) is 0.897. The van der Waals surface area contributed by atoms with Crippen LogP contribution in [0.4, 0.5) is 5.69 Å². The van der Waals surface area contributed by atoms with Crippen molar-refractivity contribution >= 4 is 23.5 Å². The van der Waals surface area contributed by atoms with Crippen molar-refractivity contribution in [2.24, 2.45) is 0 Å². The Morgan fingerprint density at radius 1 is 1.08 bits per heavy atom. The van der Waals surface area contributed by atoms with Crippen LogP contribution in [0, 0.1) is 0 Å². The molecule has 1 atom stereocenters. The molecule has 0 radical (unpaired) electrons. The predicted octanol–water partition coefficient (Wildman–Crippen LogP) is 2.65. The molecule has 1 heterocycles. The van der Waals surface area contributed by atoms with Crippen LogP contribution in [-0.4, -0.2) is 46.9 Å². The van der Waals surface area contributed by atoms with Crippen molar-refractivity contribution in [2.75, 3.05) is 18.0 Å². The first-order valence-electron chi connectivity index (χ1n) is 8.53. The molecule has 26 heavy (non-hydrogen) atoms. The molecule has 0 aromatic heterocycles. The second kappa shape index (κ2) is 7.39. The maximum absolute atomic E-state index is 12.8. The summed E-state index contributed by atoms with van der Waals surface area (Å²) in [5.74, 6) is -1.40. The van der Waals surface area contributed by atoms with E-state index in [1.54, 1.807) is 9.80 Å². The van der Waals surface area contributed by atoms with Gasteiger partial charge in [0.1, 0.15) is 6.04 Å². The van der Waals surface area contributed by atoms with Gasteiger partial charge in [0.15, 0.2) is 0 Å². The van der Waals surface area contributed by atoms with Crippen LogP contribution >= 0.6 is 0 Å². The summed E-state index contributed by atoms with van der Waals surface area (Å²) >= 11 is 0. The lowest BCUT2D eigenvalue weighted by atomic mass is 10.1. The van der Waals surface area contributed by atoms with Gasteiger partial charge in [0, 0.05) is 24.3 Å². The van der Waals surface area contributed by atoms with E-state index in [1.807, 2.05) is 37.3 Å². The monoisotopic (exact) mass is 352 g/mol. The molecule has 0 bridgehead atoms. The van der Waals surface area contributed by atoms with E-state index in [2.05, 4.69) is 0 Å². The summed E-state index contributed by atoms with van der Waals surface area (Å²) in [4.78, 5) is 39.9. The van der Waals surface area contributed by atoms with E-state index in [4.69, 9.17) is 5.11 Å². The Bertz CT molecular complexity index is 817. The molecule has 1 N–H and O–H groups in total. The average Bonchev–Trinajstić information content (AvgIpc) is 3.04. The molecule has 0 spiro atoms. The van der Waals surface area contributed by atoms with Gasteiger partial charge >= 0.3 is 5.97 Å². The van der Waals surface area contributed by atoms with Crippen molar-refractivity contribution < 1.29 is 19.5 Å². The molecule has 134 valence electrons. The largest absolute Gasteiger partial charge is 0.478 e. The molecule has 1 aliphatic rings. The number of anilines is 1. The highest BCUT2D eigenvalue weighted by molar-refractivity contribution is 6.04. The molecule has 1 fully saturated rings. The van der Waals surface area contributed by atoms with Crippen LogP contribution in [0.2, 0.25) is 0 Å². The fourth-order valence-electron chi connectivity index (χ4n) is 3.25. The number of nitrogens with zero attached hydrogens (tertiary/aromatic N) is 2. The zero-order chi connectivity index (χ0) is 18.7. The maximum Gasteiger partial charge on any atom is 0.335 e. The molecule has 2 aromatic carbocycles. The average molecular weight is 352 g/mol. The highest BCUT2D eigenvalue weighted by atomic mass is 16.4. The van der Waals surface area contributed by atoms with Gasteiger partial charge in [0.2, 0.25) is 5.91 Å². The molecule has 1 saturated heterocycles. The molecule has 2 amide bonds. The van der Waals surface area contributed by atoms with Crippen LogP contribution in [0.1, 0.15) is 34.1 Å². The zero-order valence-electron chi connectivity index (χ0n) is 14.5. The fourth-order valence-corrected chi connectivity index (χ4v) is 3.25. The van der Waals surface area contributed by atoms with Gasteiger partial charge in [-0.1, -0.05) is 18.2 Å². The first-order chi connectivity index (χ1) is 12.5. The zero-order valence-corrected chi connectivity index (χ0v) is 14.5. The number of rotatable bonds is 5. The number of hydrogen-bond donors (Lipinski definition) is 1. The van der Waals surface area contributed by atoms with Gasteiger partial charge in [0.05, 0.1) is 5.56 Å². The first-order valence-corrected chi connectivity index (χ1v) is 8.53. The number of para-hydroxylation sites is 1. The van der Waals surface area contributed by atoms with Gasteiger partial charge < -0.3 is 14.9 Å². The highest BCUT2D eigenvalue weighted by Crippen LogP contribution is 2.25. The van der Waals surface area contributed by atoms with Crippen LogP contribution in [0.25, 0.3) is 0 Å². The van der Waals surface area contributed by atoms with Crippen molar-refractivity contribution in [3.8, 4) is 0 Å². The van der Waals surface area contributed by atoms with E-state index in [-0.39, 0.29) is 17.4 Å². The van der Waals surface area contributed by atoms with Crippen LogP contribution in [0.3, 0.4) is 0 Å². The Balaban J connectivity index is 1.79. The maximum atomic E-state index is 12.8. The van der Waals surface area contributed by atoms with Crippen LogP contribution in [-0.2, 0) is 4.79 Å². The van der Waals surface area contributed by atoms with Crippen molar-refractivity contribution in [1.29, 1.82) is 0 Å². The lowest BCUT2D eigenvalue weighted by molar-refractivity contribution is -0.120. The number of carboxylic acids is 1. The fraction of sp³-hybridized carbons (Fsp3) is 0.250. The summed E-state index contributed by atoms with van der Waals surface area (Å²) in [5, 5.41) is 8.97. The Labute approximate surface area is 151 Å². The van der Waals surface area contributed by atoms with Crippen molar-refractivity contribution in [2.45, 2.75) is 19.4 Å². The molecule has 1 unspecified atom stereocenters. The first kappa shape index (κ1) is 17.7. The van der Waals surface area contributed by atoms with Crippen LogP contribution in [0.15, 0.2) is 54.6 Å². The molecular weight excluding hydrogens is 332 g/mol. The number of amides is 2. The lowest BCUT2D eigenvalue weighted by Gasteiger charge is -2.27. The molecule has 0 saturated carbocycles. The van der Waals surface area contributed by atoms with E-state index < -0.39 is 12.0 Å². The topological polar surface area (TPSA) is 77.9 Å². The van der Waals surface area contributed by atoms with Crippen molar-refractivity contribution in [1.82, 2.24) is 4.90 Å². The van der Waals surface area contributed by atoms with E-state index in [9.17, 15) is 14.4 Å². The smallest absolute Gasteiger partial charge is 0.335 e. The normalized spacial score (nSPS) is 16.6. The third-order valence-corrected chi connectivity index (χ3v) is 4.60. The summed E-state index contributed by atoms with van der Waals surface area (Å²) in [6.45, 7) is 2.80. The van der Waals surface area contributed by atoms with E-state index in [0.29, 0.717) is 25.1 Å². The molecule has 3 rings (SSSR count). The van der Waals surface area contributed by atoms with E-state index in [0.717, 1.165) is 5.69 Å². The lowest BCUT2D eigenvalue weighted by Crippen LogP contribution is -2.45. The SMILES string of the molecule is CCN(C(=O)c1ccc(C(=O)O)cc1)C1CCN(c2ccccc2)C1=O. The van der Waals surface area contributed by atoms with Gasteiger partial charge in [-0.05, 0) is 49.7 Å². The number of likely N-dealkylation sites (N-methyl/N-ethyl adjacent to an activating group) is 1. The number of carbonyl (C=O) groups excluding carboxylic acids is 2. The summed E-state index contributed by atoms with van der Waals surface area (Å²) in [6.07, 6.45) is 0.570. The van der Waals surface area contributed by atoms with Gasteiger partial charge in [-0.3, -0.25) is 9.59 Å². The molecule has 6 heteroatoms. The molecule has 2 aromatic rings. The summed E-state index contributed by atoms with van der Waals surface area (Å²) in [6, 6.07) is 14.7. The van der Waals surface area contributed by atoms with Gasteiger partial charge in [-0.15, -0.1) is 0 Å². The summed E-state index contributed by atoms with van der Waals surface area (Å²) in [7, 11) is 0. The minimum Gasteiger partial charge on any atom is -0.478 e. The Morgan fingerprint density at radius 3 is 2.27 bits per heavy atom. The molecule has 0 aliphatic carbocycles. The van der Waals surface area contributed by atoms with Crippen LogP contribution in [0.5, 0.6) is 0 Å². The van der Waals surface area contributed by atoms with Gasteiger partial charge in [-0.25, -0.2) is 4.79 Å². The Morgan fingerprint density at radius 2 is 1.69 bits per heavy atom. The van der Waals surface area contributed by atoms with E-state index in [1.165, 1.54) is 24.3 Å². The number of aromatic carboxylic acids is 1. The summed E-state index contributed by atoms with van der Waals surface area (Å²) < 4.78 is 0. The minimum atomic E-state index is -1.04. The number of benzene rings is 2. The molecule has 6 nitrogen and oxygen atoms in total. The van der Waals surface area contributed by atoms with Crippen LogP contribution < -0.4 is 4.90 Å². The standard InChI is InChI=1S/C20H20N2O4/c1-2-21(18(23)14-8-10-15(11-9-14)20(25)26)17-12-13-22(19(17)24)16-6-4-3-5-7-16/h3-11,17H,2,12-13H2,1H3,(H,25,26). The number of carbonyl (C=O) groups is 3. The number of carboxylic acid groups (broad SMARTS) is 1. The highest BCUT2D eigenvalue weighted by Gasteiger charge is 2.38. The Hall–Kier alpha value is -3.15. The molecule has 1 aliphatic heterocycles. The second-order valence-corrected chi connectivity index (χ2v) is 6.10. The third-order valence-electron chi connectivity index (χ3n) is 4.60.